The molecule has 0 bridgehead atoms. The summed E-state index contributed by atoms with van der Waals surface area (Å²) < 4.78 is 0. The van der Waals surface area contributed by atoms with E-state index >= 15 is 0 Å². The highest BCUT2D eigenvalue weighted by molar-refractivity contribution is 5.85. The van der Waals surface area contributed by atoms with Gasteiger partial charge in [-0.25, -0.2) is 0 Å². The molecule has 0 spiro atoms. The minimum absolute atomic E-state index is 0. The molecule has 2 atom stereocenters. The summed E-state index contributed by atoms with van der Waals surface area (Å²) in [5, 5.41) is 0. The van der Waals surface area contributed by atoms with Crippen molar-refractivity contribution < 1.29 is 0 Å². The van der Waals surface area contributed by atoms with Crippen molar-refractivity contribution in [3.05, 3.63) is 35.9 Å². The molecule has 0 amide bonds. The lowest BCUT2D eigenvalue weighted by molar-refractivity contribution is 0.312. The molecule has 2 N–H and O–H groups in total. The van der Waals surface area contributed by atoms with Gasteiger partial charge in [0.15, 0.2) is 0 Å². The van der Waals surface area contributed by atoms with Crippen molar-refractivity contribution in [3.63, 3.8) is 0 Å². The van der Waals surface area contributed by atoms with E-state index < -0.39 is 0 Å². The first-order valence-corrected chi connectivity index (χ1v) is 5.47. The normalized spacial score (nSPS) is 14.5. The number of nitrogens with two attached hydrogens (primary N) is 1. The van der Waals surface area contributed by atoms with E-state index in [0.717, 1.165) is 6.42 Å². The van der Waals surface area contributed by atoms with Gasteiger partial charge in [-0.1, -0.05) is 57.5 Å². The minimum atomic E-state index is 0. The molecule has 0 aliphatic heterocycles. The zero-order valence-electron chi connectivity index (χ0n) is 9.81. The summed E-state index contributed by atoms with van der Waals surface area (Å²) in [6.07, 6.45) is 1.15. The van der Waals surface area contributed by atoms with Crippen molar-refractivity contribution in [2.24, 2.45) is 17.6 Å². The molecule has 1 aromatic carbocycles. The van der Waals surface area contributed by atoms with Crippen LogP contribution in [0.3, 0.4) is 0 Å². The molecule has 0 aliphatic carbocycles. The van der Waals surface area contributed by atoms with Gasteiger partial charge in [0.25, 0.3) is 0 Å². The maximum atomic E-state index is 6.25. The molecule has 1 rings (SSSR count). The van der Waals surface area contributed by atoms with Crippen LogP contribution in [-0.2, 0) is 0 Å². The number of rotatable bonds is 4. The third-order valence-electron chi connectivity index (χ3n) is 2.97. The van der Waals surface area contributed by atoms with Crippen LogP contribution in [-0.4, -0.2) is 0 Å². The topological polar surface area (TPSA) is 26.0 Å². The first-order chi connectivity index (χ1) is 6.66. The zero-order valence-corrected chi connectivity index (χ0v) is 10.6. The van der Waals surface area contributed by atoms with Gasteiger partial charge in [0.1, 0.15) is 0 Å². The molecular formula is C13H22ClN. The van der Waals surface area contributed by atoms with Crippen molar-refractivity contribution in [3.8, 4) is 0 Å². The average molecular weight is 228 g/mol. The Morgan fingerprint density at radius 2 is 1.67 bits per heavy atom. The van der Waals surface area contributed by atoms with Gasteiger partial charge in [-0.05, 0) is 17.4 Å². The SMILES string of the molecule is CCC(C(C)C)C(N)c1ccccc1.Cl. The van der Waals surface area contributed by atoms with E-state index in [1.807, 2.05) is 6.07 Å². The molecule has 0 radical (unpaired) electrons. The Labute approximate surface area is 99.5 Å². The minimum Gasteiger partial charge on any atom is -0.324 e. The monoisotopic (exact) mass is 227 g/mol. The van der Waals surface area contributed by atoms with E-state index in [2.05, 4.69) is 45.0 Å². The highest BCUT2D eigenvalue weighted by Crippen LogP contribution is 2.28. The maximum Gasteiger partial charge on any atom is 0.0325 e. The summed E-state index contributed by atoms with van der Waals surface area (Å²) >= 11 is 0. The van der Waals surface area contributed by atoms with Crippen LogP contribution in [0.15, 0.2) is 30.3 Å². The Morgan fingerprint density at radius 3 is 2.07 bits per heavy atom. The molecule has 0 saturated heterocycles. The summed E-state index contributed by atoms with van der Waals surface area (Å²) in [5.74, 6) is 1.23. The summed E-state index contributed by atoms with van der Waals surface area (Å²) in [6, 6.07) is 10.6. The molecule has 0 fully saturated rings. The van der Waals surface area contributed by atoms with Gasteiger partial charge < -0.3 is 5.73 Å². The summed E-state index contributed by atoms with van der Waals surface area (Å²) in [5.41, 5.74) is 7.51. The molecule has 0 saturated carbocycles. The summed E-state index contributed by atoms with van der Waals surface area (Å²) in [6.45, 7) is 6.71. The molecular weight excluding hydrogens is 206 g/mol. The fourth-order valence-corrected chi connectivity index (χ4v) is 2.06. The van der Waals surface area contributed by atoms with Gasteiger partial charge in [0.2, 0.25) is 0 Å². The number of hydrogen-bond acceptors (Lipinski definition) is 1. The lowest BCUT2D eigenvalue weighted by Gasteiger charge is -2.26. The van der Waals surface area contributed by atoms with E-state index in [1.54, 1.807) is 0 Å². The molecule has 0 aromatic heterocycles. The van der Waals surface area contributed by atoms with E-state index in [-0.39, 0.29) is 18.4 Å². The van der Waals surface area contributed by atoms with Crippen LogP contribution in [0, 0.1) is 11.8 Å². The van der Waals surface area contributed by atoms with Gasteiger partial charge >= 0.3 is 0 Å². The molecule has 0 heterocycles. The second-order valence-corrected chi connectivity index (χ2v) is 4.25. The Kier molecular flexibility index (Phi) is 6.62. The second-order valence-electron chi connectivity index (χ2n) is 4.25. The second kappa shape index (κ2) is 6.86. The van der Waals surface area contributed by atoms with E-state index in [1.165, 1.54) is 5.56 Å². The summed E-state index contributed by atoms with van der Waals surface area (Å²) in [7, 11) is 0. The Morgan fingerprint density at radius 1 is 1.13 bits per heavy atom. The number of hydrogen-bond donors (Lipinski definition) is 1. The number of benzene rings is 1. The predicted octanol–water partition coefficient (Wildman–Crippen LogP) is 3.79. The first kappa shape index (κ1) is 14.5. The van der Waals surface area contributed by atoms with Crippen molar-refractivity contribution in [2.75, 3.05) is 0 Å². The van der Waals surface area contributed by atoms with Crippen molar-refractivity contribution in [2.45, 2.75) is 33.2 Å². The van der Waals surface area contributed by atoms with Gasteiger partial charge in [0, 0.05) is 6.04 Å². The average Bonchev–Trinajstić information content (AvgIpc) is 2.19. The highest BCUT2D eigenvalue weighted by atomic mass is 35.5. The van der Waals surface area contributed by atoms with Crippen LogP contribution in [0.1, 0.15) is 38.8 Å². The molecule has 1 aromatic rings. The number of halogens is 1. The van der Waals surface area contributed by atoms with Crippen LogP contribution in [0.4, 0.5) is 0 Å². The molecule has 86 valence electrons. The van der Waals surface area contributed by atoms with Crippen molar-refractivity contribution in [1.82, 2.24) is 0 Å². The van der Waals surface area contributed by atoms with Crippen LogP contribution in [0.5, 0.6) is 0 Å². The van der Waals surface area contributed by atoms with E-state index in [9.17, 15) is 0 Å². The fraction of sp³-hybridized carbons (Fsp3) is 0.538. The fourth-order valence-electron chi connectivity index (χ4n) is 2.06. The lowest BCUT2D eigenvalue weighted by Crippen LogP contribution is -2.24. The van der Waals surface area contributed by atoms with Gasteiger partial charge in [-0.15, -0.1) is 12.4 Å². The highest BCUT2D eigenvalue weighted by Gasteiger charge is 2.20. The Bertz CT molecular complexity index is 258. The van der Waals surface area contributed by atoms with Crippen LogP contribution in [0.2, 0.25) is 0 Å². The first-order valence-electron chi connectivity index (χ1n) is 5.47. The van der Waals surface area contributed by atoms with E-state index in [0.29, 0.717) is 11.8 Å². The van der Waals surface area contributed by atoms with Crippen LogP contribution >= 0.6 is 12.4 Å². The molecule has 15 heavy (non-hydrogen) atoms. The van der Waals surface area contributed by atoms with Crippen molar-refractivity contribution in [1.29, 1.82) is 0 Å². The van der Waals surface area contributed by atoms with Crippen LogP contribution in [0.25, 0.3) is 0 Å². The molecule has 1 nitrogen and oxygen atoms in total. The predicted molar refractivity (Wildman–Crippen MR) is 69.2 cm³/mol. The standard InChI is InChI=1S/C13H21N.ClH/c1-4-12(10(2)3)13(14)11-8-6-5-7-9-11;/h5-10,12-13H,4,14H2,1-3H3;1H. The Hall–Kier alpha value is -0.530. The van der Waals surface area contributed by atoms with Crippen molar-refractivity contribution >= 4 is 12.4 Å². The third-order valence-corrected chi connectivity index (χ3v) is 2.97. The molecule has 0 aliphatic rings. The van der Waals surface area contributed by atoms with Gasteiger partial charge in [-0.2, -0.15) is 0 Å². The maximum absolute atomic E-state index is 6.25. The smallest absolute Gasteiger partial charge is 0.0325 e. The lowest BCUT2D eigenvalue weighted by atomic mass is 9.83. The third kappa shape index (κ3) is 3.84. The van der Waals surface area contributed by atoms with Crippen LogP contribution < -0.4 is 5.73 Å². The summed E-state index contributed by atoms with van der Waals surface area (Å²) in [4.78, 5) is 0. The largest absolute Gasteiger partial charge is 0.324 e. The molecule has 2 heteroatoms. The molecule has 2 unspecified atom stereocenters. The van der Waals surface area contributed by atoms with Gasteiger partial charge in [0.05, 0.1) is 0 Å². The van der Waals surface area contributed by atoms with E-state index in [4.69, 9.17) is 5.73 Å². The quantitative estimate of drug-likeness (QED) is 0.832. The Balaban J connectivity index is 0.00000196. The zero-order chi connectivity index (χ0) is 10.6. The van der Waals surface area contributed by atoms with Gasteiger partial charge in [-0.3, -0.25) is 0 Å².